The smallest absolute Gasteiger partial charge is 0.256 e. The zero-order chi connectivity index (χ0) is 22.8. The average molecular weight is 473 g/mol. The van der Waals surface area contributed by atoms with Gasteiger partial charge in [0.05, 0.1) is 29.5 Å². The number of hydrogen-bond donors (Lipinski definition) is 1. The molecule has 0 radical (unpaired) electrons. The van der Waals surface area contributed by atoms with Crippen molar-refractivity contribution in [3.8, 4) is 11.1 Å². The summed E-state index contributed by atoms with van der Waals surface area (Å²) >= 11 is 6.91. The maximum Gasteiger partial charge on any atom is 0.256 e. The second-order valence-electron chi connectivity index (χ2n) is 7.48. The lowest BCUT2D eigenvalue weighted by Crippen LogP contribution is -2.59. The van der Waals surface area contributed by atoms with Gasteiger partial charge in [-0.1, -0.05) is 29.8 Å². The summed E-state index contributed by atoms with van der Waals surface area (Å²) in [6, 6.07) is 11.7. The van der Waals surface area contributed by atoms with E-state index >= 15 is 0 Å². The summed E-state index contributed by atoms with van der Waals surface area (Å²) in [5.74, 6) is -2.46. The molecule has 2 aromatic carbocycles. The number of amides is 3. The molecule has 1 fully saturated rings. The number of carbonyl (C=O) groups excluding carboxylic acids is 4. The first-order chi connectivity index (χ1) is 15.3. The van der Waals surface area contributed by atoms with Crippen LogP contribution in [0.1, 0.15) is 10.4 Å². The number of piperazine rings is 1. The van der Waals surface area contributed by atoms with Crippen molar-refractivity contribution in [2.75, 3.05) is 36.5 Å². The number of nitrogens with one attached hydrogen (secondary N) is 1. The molecule has 4 rings (SSSR count). The van der Waals surface area contributed by atoms with Gasteiger partial charge in [0.15, 0.2) is 0 Å². The van der Waals surface area contributed by atoms with Crippen LogP contribution in [0.4, 0.5) is 5.69 Å². The molecule has 0 unspecified atom stereocenters. The Morgan fingerprint density at radius 3 is 2.50 bits per heavy atom. The topological polar surface area (TPSA) is 110 Å². The molecule has 166 valence electrons. The Morgan fingerprint density at radius 1 is 1.06 bits per heavy atom. The standard InChI is InChI=1S/C22H20ClN3O5S/c23-15-4-1-13(2-5-15)14-3-6-17-16(9-14)22(31)26-8-7-25(10-18(26)21(30)24-17)19(27)11-32-12-20(28)29/h1-6,9,18H,7-8,10-12H2,(H,24,30)(H,28,29)/p-1/t18-/m0/s1. The van der Waals surface area contributed by atoms with Crippen LogP contribution in [0.25, 0.3) is 11.1 Å². The predicted octanol–water partition coefficient (Wildman–Crippen LogP) is 1.10. The highest BCUT2D eigenvalue weighted by Gasteiger charge is 2.40. The lowest BCUT2D eigenvalue weighted by molar-refractivity contribution is -0.301. The third-order valence-electron chi connectivity index (χ3n) is 5.43. The van der Waals surface area contributed by atoms with Gasteiger partial charge in [-0.15, -0.1) is 11.8 Å². The highest BCUT2D eigenvalue weighted by atomic mass is 35.5. The van der Waals surface area contributed by atoms with E-state index in [0.29, 0.717) is 16.3 Å². The fourth-order valence-electron chi connectivity index (χ4n) is 3.81. The SMILES string of the molecule is O=C([O-])CSCC(=O)N1CCN2C(=O)c3cc(-c4ccc(Cl)cc4)ccc3NC(=O)[C@@H]2C1. The number of benzene rings is 2. The van der Waals surface area contributed by atoms with Gasteiger partial charge in [0.2, 0.25) is 11.8 Å². The van der Waals surface area contributed by atoms with E-state index in [1.54, 1.807) is 24.3 Å². The molecule has 10 heteroatoms. The van der Waals surface area contributed by atoms with Crippen LogP contribution in [0.3, 0.4) is 0 Å². The number of nitrogens with zero attached hydrogens (tertiary/aromatic N) is 2. The summed E-state index contributed by atoms with van der Waals surface area (Å²) in [6.07, 6.45) is 0. The number of anilines is 1. The minimum Gasteiger partial charge on any atom is -0.549 e. The predicted molar refractivity (Wildman–Crippen MR) is 119 cm³/mol. The van der Waals surface area contributed by atoms with Crippen molar-refractivity contribution in [2.45, 2.75) is 6.04 Å². The summed E-state index contributed by atoms with van der Waals surface area (Å²) in [4.78, 5) is 52.1. The Morgan fingerprint density at radius 2 is 1.78 bits per heavy atom. The maximum atomic E-state index is 13.3. The zero-order valence-electron chi connectivity index (χ0n) is 16.9. The number of aliphatic carboxylic acids is 1. The largest absolute Gasteiger partial charge is 0.549 e. The van der Waals surface area contributed by atoms with Gasteiger partial charge in [0, 0.05) is 23.9 Å². The van der Waals surface area contributed by atoms with Crippen LogP contribution >= 0.6 is 23.4 Å². The summed E-state index contributed by atoms with van der Waals surface area (Å²) in [6.45, 7) is 0.533. The molecule has 3 amide bonds. The molecular weight excluding hydrogens is 454 g/mol. The Bertz CT molecular complexity index is 1090. The summed E-state index contributed by atoms with van der Waals surface area (Å²) in [5, 5.41) is 14.0. The van der Waals surface area contributed by atoms with Gasteiger partial charge in [0.1, 0.15) is 6.04 Å². The van der Waals surface area contributed by atoms with Crippen molar-refractivity contribution < 1.29 is 24.3 Å². The van der Waals surface area contributed by atoms with E-state index in [4.69, 9.17) is 11.6 Å². The number of hydrogen-bond acceptors (Lipinski definition) is 6. The fraction of sp³-hybridized carbons (Fsp3) is 0.273. The van der Waals surface area contributed by atoms with E-state index in [0.717, 1.165) is 22.9 Å². The molecular formula is C22H19ClN3O5S-. The van der Waals surface area contributed by atoms with Crippen molar-refractivity contribution in [3.05, 3.63) is 53.1 Å². The molecule has 1 saturated heterocycles. The number of halogens is 1. The molecule has 1 atom stereocenters. The Labute approximate surface area is 193 Å². The average Bonchev–Trinajstić information content (AvgIpc) is 2.88. The molecule has 2 aliphatic rings. The van der Waals surface area contributed by atoms with E-state index in [1.807, 2.05) is 18.2 Å². The first kappa shape index (κ1) is 22.2. The van der Waals surface area contributed by atoms with E-state index in [1.165, 1.54) is 9.80 Å². The van der Waals surface area contributed by atoms with Gasteiger partial charge >= 0.3 is 0 Å². The van der Waals surface area contributed by atoms with E-state index in [2.05, 4.69) is 5.32 Å². The monoisotopic (exact) mass is 472 g/mol. The van der Waals surface area contributed by atoms with Crippen LogP contribution in [0, 0.1) is 0 Å². The van der Waals surface area contributed by atoms with Crippen molar-refractivity contribution in [3.63, 3.8) is 0 Å². The second-order valence-corrected chi connectivity index (χ2v) is 8.90. The molecule has 2 aliphatic heterocycles. The third kappa shape index (κ3) is 4.58. The van der Waals surface area contributed by atoms with Crippen LogP contribution < -0.4 is 10.4 Å². The molecule has 0 aliphatic carbocycles. The molecule has 8 nitrogen and oxygen atoms in total. The lowest BCUT2D eigenvalue weighted by atomic mass is 10.0. The van der Waals surface area contributed by atoms with Crippen LogP contribution in [-0.2, 0) is 14.4 Å². The first-order valence-corrected chi connectivity index (χ1v) is 11.4. The molecule has 1 N–H and O–H groups in total. The minimum atomic E-state index is -1.24. The van der Waals surface area contributed by atoms with Gasteiger partial charge in [-0.3, -0.25) is 14.4 Å². The van der Waals surface area contributed by atoms with Gasteiger partial charge in [-0.2, -0.15) is 0 Å². The second kappa shape index (κ2) is 9.22. The fourth-order valence-corrected chi connectivity index (χ4v) is 4.56. The molecule has 0 spiro atoms. The van der Waals surface area contributed by atoms with Gasteiger partial charge in [0.25, 0.3) is 5.91 Å². The summed E-state index contributed by atoms with van der Waals surface area (Å²) < 4.78 is 0. The van der Waals surface area contributed by atoms with Crippen molar-refractivity contribution in [1.29, 1.82) is 0 Å². The molecule has 0 bridgehead atoms. The first-order valence-electron chi connectivity index (χ1n) is 9.90. The summed E-state index contributed by atoms with van der Waals surface area (Å²) in [5.41, 5.74) is 2.52. The molecule has 32 heavy (non-hydrogen) atoms. The van der Waals surface area contributed by atoms with Crippen LogP contribution in [0.2, 0.25) is 5.02 Å². The number of carboxylic acids is 1. The van der Waals surface area contributed by atoms with Crippen LogP contribution in [0.15, 0.2) is 42.5 Å². The zero-order valence-corrected chi connectivity index (χ0v) is 18.4. The Balaban J connectivity index is 1.54. The number of rotatable bonds is 5. The Kier molecular flexibility index (Phi) is 6.38. The van der Waals surface area contributed by atoms with Crippen LogP contribution in [-0.4, -0.2) is 70.7 Å². The van der Waals surface area contributed by atoms with Gasteiger partial charge in [-0.05, 0) is 35.4 Å². The maximum absolute atomic E-state index is 13.3. The highest BCUT2D eigenvalue weighted by Crippen LogP contribution is 2.30. The number of carbonyl (C=O) groups is 4. The van der Waals surface area contributed by atoms with Gasteiger partial charge in [-0.25, -0.2) is 0 Å². The third-order valence-corrected chi connectivity index (χ3v) is 6.57. The molecule has 0 saturated carbocycles. The van der Waals surface area contributed by atoms with E-state index < -0.39 is 12.0 Å². The van der Waals surface area contributed by atoms with E-state index in [-0.39, 0.29) is 48.9 Å². The highest BCUT2D eigenvalue weighted by molar-refractivity contribution is 8.00. The number of thioether (sulfide) groups is 1. The van der Waals surface area contributed by atoms with Crippen LogP contribution in [0.5, 0.6) is 0 Å². The summed E-state index contributed by atoms with van der Waals surface area (Å²) in [7, 11) is 0. The molecule has 0 aromatic heterocycles. The Hall–Kier alpha value is -3.04. The number of fused-ring (bicyclic) bond motifs is 2. The number of carboxylic acid groups (broad SMARTS) is 1. The van der Waals surface area contributed by atoms with Crippen molar-refractivity contribution >= 4 is 52.7 Å². The minimum absolute atomic E-state index is 0.0268. The van der Waals surface area contributed by atoms with Crippen molar-refractivity contribution in [2.24, 2.45) is 0 Å². The van der Waals surface area contributed by atoms with Gasteiger partial charge < -0.3 is 25.0 Å². The van der Waals surface area contributed by atoms with E-state index in [9.17, 15) is 24.3 Å². The molecule has 2 heterocycles. The van der Waals surface area contributed by atoms with Crippen molar-refractivity contribution in [1.82, 2.24) is 9.80 Å². The normalized spacial score (nSPS) is 17.8. The quantitative estimate of drug-likeness (QED) is 0.697. The molecule has 2 aromatic rings. The lowest BCUT2D eigenvalue weighted by Gasteiger charge is -2.39.